The molecule has 0 saturated heterocycles. The maximum absolute atomic E-state index is 11.2. The molecule has 0 atom stereocenters. The van der Waals surface area contributed by atoms with Crippen LogP contribution in [0.1, 0.15) is 20.8 Å². The third-order valence-electron chi connectivity index (χ3n) is 0.931. The molecule has 0 fully saturated rings. The predicted molar refractivity (Wildman–Crippen MR) is 38.3 cm³/mol. The smallest absolute Gasteiger partial charge is 0.305 e. The molecule has 0 amide bonds. The molecule has 0 aliphatic rings. The van der Waals surface area contributed by atoms with E-state index in [-0.39, 0.29) is 0 Å². The summed E-state index contributed by atoms with van der Waals surface area (Å²) in [6.07, 6.45) is -2.18. The molecule has 0 heterocycles. The van der Waals surface area contributed by atoms with Crippen molar-refractivity contribution in [2.24, 2.45) is 0 Å². The van der Waals surface area contributed by atoms with Crippen molar-refractivity contribution in [1.82, 2.24) is 0 Å². The zero-order valence-electron chi connectivity index (χ0n) is 7.63. The Morgan fingerprint density at radius 1 is 1.00 bits per heavy atom. The summed E-state index contributed by atoms with van der Waals surface area (Å²) < 4.78 is 13.8. The third-order valence-corrected chi connectivity index (χ3v) is 0.931. The van der Waals surface area contributed by atoms with E-state index in [0.29, 0.717) is 0 Å². The first-order valence-corrected chi connectivity index (χ1v) is 3.34. The second kappa shape index (κ2) is 3.49. The van der Waals surface area contributed by atoms with E-state index in [1.807, 2.05) is 0 Å². The van der Waals surface area contributed by atoms with E-state index in [4.69, 9.17) is 4.74 Å². The SMILES string of the molecule is COC([O])(OC)OC(C)(C)C. The number of methoxy groups -OCH3 is 2. The monoisotopic (exact) mass is 163 g/mol. The van der Waals surface area contributed by atoms with Crippen molar-refractivity contribution in [2.75, 3.05) is 14.2 Å². The molecule has 4 heteroatoms. The van der Waals surface area contributed by atoms with Crippen molar-refractivity contribution in [3.8, 4) is 0 Å². The van der Waals surface area contributed by atoms with E-state index >= 15 is 0 Å². The van der Waals surface area contributed by atoms with Crippen LogP contribution in [0.2, 0.25) is 0 Å². The lowest BCUT2D eigenvalue weighted by atomic mass is 10.2. The van der Waals surface area contributed by atoms with Gasteiger partial charge in [0.2, 0.25) is 0 Å². The average Bonchev–Trinajstić information content (AvgIpc) is 1.84. The van der Waals surface area contributed by atoms with Crippen LogP contribution in [0.15, 0.2) is 0 Å². The van der Waals surface area contributed by atoms with Gasteiger partial charge in [0.05, 0.1) is 5.60 Å². The largest absolute Gasteiger partial charge is 0.439 e. The zero-order chi connectivity index (χ0) is 9.12. The van der Waals surface area contributed by atoms with Gasteiger partial charge in [-0.3, -0.25) is 4.74 Å². The van der Waals surface area contributed by atoms with Crippen LogP contribution in [0.25, 0.3) is 0 Å². The molecule has 0 N–H and O–H groups in total. The summed E-state index contributed by atoms with van der Waals surface area (Å²) in [6, 6.07) is 0. The molecule has 0 aromatic heterocycles. The van der Waals surface area contributed by atoms with Crippen LogP contribution >= 0.6 is 0 Å². The maximum Gasteiger partial charge on any atom is 0.439 e. The van der Waals surface area contributed by atoms with Crippen molar-refractivity contribution in [3.63, 3.8) is 0 Å². The molecule has 0 aromatic carbocycles. The maximum atomic E-state index is 11.2. The Balaban J connectivity index is 4.08. The van der Waals surface area contributed by atoms with Crippen molar-refractivity contribution in [3.05, 3.63) is 0 Å². The van der Waals surface area contributed by atoms with Gasteiger partial charge in [-0.25, -0.2) is 0 Å². The van der Waals surface area contributed by atoms with Crippen molar-refractivity contribution in [2.45, 2.75) is 32.5 Å². The topological polar surface area (TPSA) is 47.6 Å². The Labute approximate surface area is 67.1 Å². The lowest BCUT2D eigenvalue weighted by Gasteiger charge is -2.29. The second-order valence-electron chi connectivity index (χ2n) is 3.12. The van der Waals surface area contributed by atoms with Crippen LogP contribution in [0, 0.1) is 0 Å². The molecule has 4 nitrogen and oxygen atoms in total. The van der Waals surface area contributed by atoms with E-state index in [2.05, 4.69) is 9.47 Å². The van der Waals surface area contributed by atoms with Gasteiger partial charge in [-0.2, -0.15) is 0 Å². The van der Waals surface area contributed by atoms with Crippen LogP contribution in [0.4, 0.5) is 0 Å². The highest BCUT2D eigenvalue weighted by Gasteiger charge is 2.35. The fourth-order valence-electron chi connectivity index (χ4n) is 0.542. The Bertz CT molecular complexity index is 112. The van der Waals surface area contributed by atoms with Gasteiger partial charge in [-0.15, -0.1) is 5.11 Å². The lowest BCUT2D eigenvalue weighted by molar-refractivity contribution is -0.512. The number of ether oxygens (including phenoxy) is 3. The van der Waals surface area contributed by atoms with E-state index in [0.717, 1.165) is 0 Å². The minimum atomic E-state index is -2.18. The zero-order valence-corrected chi connectivity index (χ0v) is 7.63. The van der Waals surface area contributed by atoms with Crippen molar-refractivity contribution in [1.29, 1.82) is 0 Å². The minimum absolute atomic E-state index is 0.576. The Morgan fingerprint density at radius 3 is 1.45 bits per heavy atom. The van der Waals surface area contributed by atoms with Crippen LogP contribution in [0.5, 0.6) is 0 Å². The van der Waals surface area contributed by atoms with Gasteiger partial charge in [0.15, 0.2) is 0 Å². The summed E-state index contributed by atoms with van der Waals surface area (Å²) in [4.78, 5) is 0. The quantitative estimate of drug-likeness (QED) is 0.586. The molecule has 0 aliphatic heterocycles. The average molecular weight is 163 g/mol. The Hall–Kier alpha value is -0.160. The summed E-state index contributed by atoms with van der Waals surface area (Å²) in [7, 11) is 2.48. The molecule has 0 unspecified atom stereocenters. The summed E-state index contributed by atoms with van der Waals surface area (Å²) in [5, 5.41) is 11.2. The minimum Gasteiger partial charge on any atom is -0.305 e. The first-order valence-electron chi connectivity index (χ1n) is 3.34. The van der Waals surface area contributed by atoms with Crippen molar-refractivity contribution < 1.29 is 19.3 Å². The fourth-order valence-corrected chi connectivity index (χ4v) is 0.542. The van der Waals surface area contributed by atoms with E-state index < -0.39 is 11.8 Å². The standard InChI is InChI=1S/C7H15O4/c1-6(2,3)11-7(8,9-4)10-5/h1-5H3. The highest BCUT2D eigenvalue weighted by atomic mass is 17.0. The van der Waals surface area contributed by atoms with Crippen molar-refractivity contribution >= 4 is 0 Å². The first-order chi connectivity index (χ1) is 4.83. The van der Waals surface area contributed by atoms with Gasteiger partial charge < -0.3 is 9.47 Å². The first kappa shape index (κ1) is 10.8. The van der Waals surface area contributed by atoms with Gasteiger partial charge in [0.1, 0.15) is 0 Å². The number of hydrogen-bond donors (Lipinski definition) is 0. The van der Waals surface area contributed by atoms with Gasteiger partial charge >= 0.3 is 6.16 Å². The summed E-state index contributed by atoms with van der Waals surface area (Å²) in [5.41, 5.74) is -0.576. The van der Waals surface area contributed by atoms with Crippen LogP contribution in [-0.2, 0) is 19.3 Å². The van der Waals surface area contributed by atoms with E-state index in [1.54, 1.807) is 20.8 Å². The number of hydrogen-bond acceptors (Lipinski definition) is 3. The van der Waals surface area contributed by atoms with Crippen LogP contribution in [-0.4, -0.2) is 26.0 Å². The normalized spacial score (nSPS) is 13.6. The van der Waals surface area contributed by atoms with Gasteiger partial charge in [0, 0.05) is 14.2 Å². The molecule has 11 heavy (non-hydrogen) atoms. The molecular formula is C7H15O4. The molecule has 0 aliphatic carbocycles. The third kappa shape index (κ3) is 4.31. The molecule has 0 saturated carbocycles. The molecule has 1 radical (unpaired) electrons. The van der Waals surface area contributed by atoms with Crippen LogP contribution < -0.4 is 0 Å². The van der Waals surface area contributed by atoms with E-state index in [1.165, 1.54) is 14.2 Å². The number of rotatable bonds is 3. The molecule has 67 valence electrons. The Morgan fingerprint density at radius 2 is 1.36 bits per heavy atom. The second-order valence-corrected chi connectivity index (χ2v) is 3.12. The molecule has 0 aromatic rings. The van der Waals surface area contributed by atoms with Gasteiger partial charge in [-0.1, -0.05) is 0 Å². The van der Waals surface area contributed by atoms with Gasteiger partial charge in [-0.05, 0) is 20.8 Å². The summed E-state index contributed by atoms with van der Waals surface area (Å²) >= 11 is 0. The Kier molecular flexibility index (Phi) is 3.44. The lowest BCUT2D eigenvalue weighted by Crippen LogP contribution is -2.41. The summed E-state index contributed by atoms with van der Waals surface area (Å²) in [5.74, 6) is 0. The highest BCUT2D eigenvalue weighted by molar-refractivity contribution is 4.59. The molecule has 0 rings (SSSR count). The highest BCUT2D eigenvalue weighted by Crippen LogP contribution is 2.19. The molecule has 0 bridgehead atoms. The summed E-state index contributed by atoms with van der Waals surface area (Å²) in [6.45, 7) is 5.24. The predicted octanol–water partition coefficient (Wildman–Crippen LogP) is 1.14. The molecular weight excluding hydrogens is 148 g/mol. The van der Waals surface area contributed by atoms with Crippen LogP contribution in [0.3, 0.4) is 0 Å². The fraction of sp³-hybridized carbons (Fsp3) is 1.00. The molecule has 0 spiro atoms. The van der Waals surface area contributed by atoms with Gasteiger partial charge in [0.25, 0.3) is 0 Å². The van der Waals surface area contributed by atoms with E-state index in [9.17, 15) is 5.11 Å².